The molecule has 0 unspecified atom stereocenters. The van der Waals surface area contributed by atoms with E-state index in [1.165, 1.54) is 0 Å². The summed E-state index contributed by atoms with van der Waals surface area (Å²) in [6, 6.07) is 0. The number of carbonyl (C=O) groups excluding carboxylic acids is 2. The summed E-state index contributed by atoms with van der Waals surface area (Å²) in [6.07, 6.45) is 0.530. The van der Waals surface area contributed by atoms with E-state index in [1.54, 1.807) is 5.01 Å². The minimum absolute atomic E-state index is 0.247. The lowest BCUT2D eigenvalue weighted by molar-refractivity contribution is -0.122. The van der Waals surface area contributed by atoms with Crippen LogP contribution in [-0.4, -0.2) is 35.6 Å². The van der Waals surface area contributed by atoms with Gasteiger partial charge in [0.2, 0.25) is 0 Å². The van der Waals surface area contributed by atoms with Crippen LogP contribution in [0.3, 0.4) is 0 Å². The highest BCUT2D eigenvalue weighted by Crippen LogP contribution is 2.08. The second kappa shape index (κ2) is 4.61. The smallest absolute Gasteiger partial charge is 0.422 e. The Morgan fingerprint density at radius 2 is 1.87 bits per heavy atom. The summed E-state index contributed by atoms with van der Waals surface area (Å²) in [5.41, 5.74) is 2.13. The number of ketones is 1. The maximum absolute atomic E-state index is 11.3. The molecule has 0 bridgehead atoms. The van der Waals surface area contributed by atoms with Crippen LogP contribution < -0.4 is 5.43 Å². The topological polar surface area (TPSA) is 58.6 Å². The monoisotopic (exact) mass is 214 g/mol. The van der Waals surface area contributed by atoms with Gasteiger partial charge in [-0.05, 0) is 20.8 Å². The predicted molar refractivity (Wildman–Crippen MR) is 55.2 cm³/mol. The van der Waals surface area contributed by atoms with Gasteiger partial charge in [-0.2, -0.15) is 0 Å². The maximum Gasteiger partial charge on any atom is 0.422 e. The Morgan fingerprint density at radius 3 is 2.33 bits per heavy atom. The molecule has 1 heterocycles. The lowest BCUT2D eigenvalue weighted by atomic mass is 10.1. The van der Waals surface area contributed by atoms with E-state index in [0.717, 1.165) is 0 Å². The molecule has 1 fully saturated rings. The lowest BCUT2D eigenvalue weighted by Crippen LogP contribution is -2.48. The van der Waals surface area contributed by atoms with Gasteiger partial charge in [-0.25, -0.2) is 9.80 Å². The Kier molecular flexibility index (Phi) is 3.68. The van der Waals surface area contributed by atoms with Crippen LogP contribution in [0.1, 0.15) is 33.6 Å². The molecule has 0 aromatic carbocycles. The molecular weight excluding hydrogens is 196 g/mol. The fourth-order valence-electron chi connectivity index (χ4n) is 1.30. The molecule has 1 amide bonds. The molecule has 0 spiro atoms. The molecule has 0 atom stereocenters. The molecule has 5 heteroatoms. The summed E-state index contributed by atoms with van der Waals surface area (Å²) in [5.74, 6) is 0.247. The van der Waals surface area contributed by atoms with Crippen molar-refractivity contribution in [3.63, 3.8) is 0 Å². The number of nitrogens with one attached hydrogen (secondary N) is 1. The van der Waals surface area contributed by atoms with Crippen LogP contribution in [0.15, 0.2) is 0 Å². The quantitative estimate of drug-likeness (QED) is 0.710. The van der Waals surface area contributed by atoms with E-state index in [0.29, 0.717) is 25.9 Å². The van der Waals surface area contributed by atoms with E-state index in [2.05, 4.69) is 5.43 Å². The van der Waals surface area contributed by atoms with Gasteiger partial charge >= 0.3 is 6.09 Å². The SMILES string of the molecule is CC(C)(C)OC(=O)NN1CCC(=O)CC1. The van der Waals surface area contributed by atoms with Gasteiger partial charge in [0, 0.05) is 25.9 Å². The standard InChI is InChI=1S/C10H18N2O3/c1-10(2,3)15-9(14)11-12-6-4-8(13)5-7-12/h4-7H2,1-3H3,(H,11,14). The van der Waals surface area contributed by atoms with Gasteiger partial charge in [0.25, 0.3) is 0 Å². The van der Waals surface area contributed by atoms with Crippen LogP contribution >= 0.6 is 0 Å². The Bertz CT molecular complexity index is 248. The molecule has 5 nitrogen and oxygen atoms in total. The highest BCUT2D eigenvalue weighted by atomic mass is 16.6. The fraction of sp³-hybridized carbons (Fsp3) is 0.800. The highest BCUT2D eigenvalue weighted by molar-refractivity contribution is 5.79. The third kappa shape index (κ3) is 4.78. The van der Waals surface area contributed by atoms with E-state index in [9.17, 15) is 9.59 Å². The average Bonchev–Trinajstić information content (AvgIpc) is 2.05. The number of piperidine rings is 1. The average molecular weight is 214 g/mol. The molecule has 15 heavy (non-hydrogen) atoms. The number of ether oxygens (including phenoxy) is 1. The molecular formula is C10H18N2O3. The van der Waals surface area contributed by atoms with Gasteiger partial charge in [0.1, 0.15) is 11.4 Å². The van der Waals surface area contributed by atoms with Crippen molar-refractivity contribution < 1.29 is 14.3 Å². The predicted octanol–water partition coefficient (Wildman–Crippen LogP) is 1.09. The molecule has 0 aliphatic carbocycles. The number of rotatable bonds is 1. The largest absolute Gasteiger partial charge is 0.443 e. The Hall–Kier alpha value is -1.10. The van der Waals surface area contributed by atoms with Crippen LogP contribution in [0.5, 0.6) is 0 Å². The van der Waals surface area contributed by atoms with Crippen molar-refractivity contribution >= 4 is 11.9 Å². The zero-order valence-corrected chi connectivity index (χ0v) is 9.50. The minimum Gasteiger partial charge on any atom is -0.443 e. The first kappa shape index (κ1) is 12.0. The first-order valence-electron chi connectivity index (χ1n) is 5.13. The number of carbonyl (C=O) groups is 2. The Labute approximate surface area is 89.7 Å². The summed E-state index contributed by atoms with van der Waals surface area (Å²) in [5, 5.41) is 1.72. The lowest BCUT2D eigenvalue weighted by Gasteiger charge is -2.28. The van der Waals surface area contributed by atoms with Gasteiger partial charge in [0.15, 0.2) is 0 Å². The molecule has 1 saturated heterocycles. The first-order valence-corrected chi connectivity index (χ1v) is 5.13. The summed E-state index contributed by atoms with van der Waals surface area (Å²) >= 11 is 0. The second-order valence-electron chi connectivity index (χ2n) is 4.64. The molecule has 0 radical (unpaired) electrons. The minimum atomic E-state index is -0.490. The van der Waals surface area contributed by atoms with E-state index in [4.69, 9.17) is 4.74 Å². The molecule has 0 aromatic rings. The number of Topliss-reactive ketones (excluding diaryl/α,β-unsaturated/α-hetero) is 1. The zero-order valence-electron chi connectivity index (χ0n) is 9.50. The normalized spacial score (nSPS) is 18.7. The Balaban J connectivity index is 2.29. The summed E-state index contributed by atoms with van der Waals surface area (Å²) < 4.78 is 5.09. The van der Waals surface area contributed by atoms with Crippen molar-refractivity contribution in [3.05, 3.63) is 0 Å². The molecule has 86 valence electrons. The zero-order chi connectivity index (χ0) is 11.5. The van der Waals surface area contributed by atoms with Crippen LogP contribution in [0.2, 0.25) is 0 Å². The van der Waals surface area contributed by atoms with Gasteiger partial charge in [-0.3, -0.25) is 10.2 Å². The highest BCUT2D eigenvalue weighted by Gasteiger charge is 2.21. The molecule has 1 aliphatic heterocycles. The van der Waals surface area contributed by atoms with Gasteiger partial charge in [0.05, 0.1) is 0 Å². The number of hydrogen-bond acceptors (Lipinski definition) is 4. The van der Waals surface area contributed by atoms with Crippen molar-refractivity contribution in [2.75, 3.05) is 13.1 Å². The number of amides is 1. The van der Waals surface area contributed by atoms with Crippen LogP contribution in [0, 0.1) is 0 Å². The first-order chi connectivity index (χ1) is 6.87. The van der Waals surface area contributed by atoms with E-state index in [-0.39, 0.29) is 5.78 Å². The molecule has 0 saturated carbocycles. The summed E-state index contributed by atoms with van der Waals surface area (Å²) in [4.78, 5) is 22.3. The fourth-order valence-corrected chi connectivity index (χ4v) is 1.30. The summed E-state index contributed by atoms with van der Waals surface area (Å²) in [7, 11) is 0. The van der Waals surface area contributed by atoms with Crippen molar-refractivity contribution in [1.82, 2.24) is 10.4 Å². The van der Waals surface area contributed by atoms with E-state index < -0.39 is 11.7 Å². The summed E-state index contributed by atoms with van der Waals surface area (Å²) in [6.45, 7) is 6.57. The van der Waals surface area contributed by atoms with Crippen LogP contribution in [-0.2, 0) is 9.53 Å². The van der Waals surface area contributed by atoms with Crippen molar-refractivity contribution in [2.24, 2.45) is 0 Å². The number of nitrogens with zero attached hydrogens (tertiary/aromatic N) is 1. The van der Waals surface area contributed by atoms with Crippen LogP contribution in [0.4, 0.5) is 4.79 Å². The number of hydrogen-bond donors (Lipinski definition) is 1. The van der Waals surface area contributed by atoms with Crippen molar-refractivity contribution in [3.8, 4) is 0 Å². The molecule has 0 aromatic heterocycles. The van der Waals surface area contributed by atoms with Gasteiger partial charge in [-0.15, -0.1) is 0 Å². The van der Waals surface area contributed by atoms with Crippen LogP contribution in [0.25, 0.3) is 0 Å². The number of hydrazine groups is 1. The third-order valence-corrected chi connectivity index (χ3v) is 1.97. The van der Waals surface area contributed by atoms with E-state index >= 15 is 0 Å². The molecule has 1 aliphatic rings. The second-order valence-corrected chi connectivity index (χ2v) is 4.64. The van der Waals surface area contributed by atoms with Crippen molar-refractivity contribution in [2.45, 2.75) is 39.2 Å². The molecule has 1 rings (SSSR count). The maximum atomic E-state index is 11.3. The van der Waals surface area contributed by atoms with Crippen molar-refractivity contribution in [1.29, 1.82) is 0 Å². The van der Waals surface area contributed by atoms with E-state index in [1.807, 2.05) is 20.8 Å². The Morgan fingerprint density at radius 1 is 1.33 bits per heavy atom. The molecule has 1 N–H and O–H groups in total. The van der Waals surface area contributed by atoms with Gasteiger partial charge in [-0.1, -0.05) is 0 Å². The third-order valence-electron chi connectivity index (χ3n) is 1.97. The van der Waals surface area contributed by atoms with Gasteiger partial charge < -0.3 is 4.74 Å².